The minimum Gasteiger partial charge on any atom is -0.399 e. The molecule has 2 rings (SSSR count). The van der Waals surface area contributed by atoms with E-state index in [0.29, 0.717) is 35.5 Å². The van der Waals surface area contributed by atoms with E-state index < -0.39 is 0 Å². The fourth-order valence-corrected chi connectivity index (χ4v) is 2.10. The topological polar surface area (TPSA) is 64.3 Å². The quantitative estimate of drug-likeness (QED) is 0.622. The SMILES string of the molecule is Nc1ccc(NC(=O)CCCOC2CCC2)c(Cl)c1. The maximum Gasteiger partial charge on any atom is 0.224 e. The van der Waals surface area contributed by atoms with Crippen LogP contribution in [0.4, 0.5) is 11.4 Å². The van der Waals surface area contributed by atoms with Gasteiger partial charge in [0.05, 0.1) is 16.8 Å². The van der Waals surface area contributed by atoms with Crippen LogP contribution < -0.4 is 11.1 Å². The van der Waals surface area contributed by atoms with E-state index in [2.05, 4.69) is 5.32 Å². The second kappa shape index (κ2) is 6.78. The van der Waals surface area contributed by atoms with Gasteiger partial charge in [0, 0.05) is 18.7 Å². The number of carbonyl (C=O) groups is 1. The monoisotopic (exact) mass is 282 g/mol. The van der Waals surface area contributed by atoms with Crippen LogP contribution in [0.3, 0.4) is 0 Å². The second-order valence-corrected chi connectivity index (χ2v) is 5.22. The molecule has 1 saturated carbocycles. The molecule has 104 valence electrons. The first kappa shape index (κ1) is 14.2. The van der Waals surface area contributed by atoms with Crippen LogP contribution >= 0.6 is 11.6 Å². The zero-order valence-electron chi connectivity index (χ0n) is 10.8. The summed E-state index contributed by atoms with van der Waals surface area (Å²) >= 11 is 5.98. The highest BCUT2D eigenvalue weighted by molar-refractivity contribution is 6.34. The lowest BCUT2D eigenvalue weighted by Crippen LogP contribution is -2.22. The Labute approximate surface area is 118 Å². The van der Waals surface area contributed by atoms with Crippen LogP contribution in [0.1, 0.15) is 32.1 Å². The Bertz CT molecular complexity index is 447. The standard InChI is InChI=1S/C14H19ClN2O2/c15-12-9-10(16)6-7-13(12)17-14(18)5-2-8-19-11-3-1-4-11/h6-7,9,11H,1-5,8,16H2,(H,17,18). The Balaban J connectivity index is 1.68. The van der Waals surface area contributed by atoms with Gasteiger partial charge >= 0.3 is 0 Å². The number of halogens is 1. The smallest absolute Gasteiger partial charge is 0.224 e. The number of nitrogens with one attached hydrogen (secondary N) is 1. The molecule has 1 amide bonds. The Morgan fingerprint density at radius 2 is 2.26 bits per heavy atom. The van der Waals surface area contributed by atoms with Crippen molar-refractivity contribution in [3.05, 3.63) is 23.2 Å². The van der Waals surface area contributed by atoms with Crippen molar-refractivity contribution in [3.63, 3.8) is 0 Å². The fraction of sp³-hybridized carbons (Fsp3) is 0.500. The molecule has 0 spiro atoms. The summed E-state index contributed by atoms with van der Waals surface area (Å²) in [5, 5.41) is 3.23. The summed E-state index contributed by atoms with van der Waals surface area (Å²) in [6.45, 7) is 0.646. The van der Waals surface area contributed by atoms with Gasteiger partial charge in [-0.2, -0.15) is 0 Å². The number of ether oxygens (including phenoxy) is 1. The van der Waals surface area contributed by atoms with Gasteiger partial charge in [-0.1, -0.05) is 11.6 Å². The van der Waals surface area contributed by atoms with E-state index in [1.54, 1.807) is 18.2 Å². The third-order valence-electron chi connectivity index (χ3n) is 3.22. The number of anilines is 2. The van der Waals surface area contributed by atoms with Crippen LogP contribution in [0.25, 0.3) is 0 Å². The molecule has 0 radical (unpaired) electrons. The number of nitrogens with two attached hydrogens (primary N) is 1. The molecule has 0 aliphatic heterocycles. The molecule has 0 heterocycles. The third kappa shape index (κ3) is 4.40. The highest BCUT2D eigenvalue weighted by atomic mass is 35.5. The predicted octanol–water partition coefficient (Wildman–Crippen LogP) is 3.21. The fourth-order valence-electron chi connectivity index (χ4n) is 1.87. The number of rotatable bonds is 6. The third-order valence-corrected chi connectivity index (χ3v) is 3.53. The van der Waals surface area contributed by atoms with E-state index in [0.717, 1.165) is 19.3 Å². The van der Waals surface area contributed by atoms with Gasteiger partial charge in [0.1, 0.15) is 0 Å². The number of amides is 1. The van der Waals surface area contributed by atoms with Gasteiger partial charge in [0.25, 0.3) is 0 Å². The van der Waals surface area contributed by atoms with Gasteiger partial charge in [0.2, 0.25) is 5.91 Å². The molecule has 0 unspecified atom stereocenters. The normalized spacial score (nSPS) is 15.0. The van der Waals surface area contributed by atoms with Crippen molar-refractivity contribution in [2.75, 3.05) is 17.7 Å². The summed E-state index contributed by atoms with van der Waals surface area (Å²) in [5.74, 6) is -0.0520. The van der Waals surface area contributed by atoms with Crippen LogP contribution in [0.15, 0.2) is 18.2 Å². The Morgan fingerprint density at radius 1 is 1.47 bits per heavy atom. The van der Waals surface area contributed by atoms with Crippen LogP contribution in [0, 0.1) is 0 Å². The van der Waals surface area contributed by atoms with Crippen molar-refractivity contribution >= 4 is 28.9 Å². The molecule has 1 aromatic carbocycles. The van der Waals surface area contributed by atoms with Crippen molar-refractivity contribution in [2.24, 2.45) is 0 Å². The average molecular weight is 283 g/mol. The van der Waals surface area contributed by atoms with E-state index >= 15 is 0 Å². The highest BCUT2D eigenvalue weighted by Crippen LogP contribution is 2.24. The van der Waals surface area contributed by atoms with Crippen molar-refractivity contribution < 1.29 is 9.53 Å². The van der Waals surface area contributed by atoms with Crippen molar-refractivity contribution in [1.29, 1.82) is 0 Å². The summed E-state index contributed by atoms with van der Waals surface area (Å²) in [7, 11) is 0. The Kier molecular flexibility index (Phi) is 5.05. The lowest BCUT2D eigenvalue weighted by molar-refractivity contribution is -0.116. The largest absolute Gasteiger partial charge is 0.399 e. The van der Waals surface area contributed by atoms with Crippen LogP contribution in [0.5, 0.6) is 0 Å². The maximum atomic E-state index is 11.7. The van der Waals surface area contributed by atoms with Crippen LogP contribution in [-0.4, -0.2) is 18.6 Å². The number of hydrogen-bond acceptors (Lipinski definition) is 3. The Morgan fingerprint density at radius 3 is 2.89 bits per heavy atom. The molecule has 0 saturated heterocycles. The first-order chi connectivity index (χ1) is 9.15. The number of hydrogen-bond donors (Lipinski definition) is 2. The number of carbonyl (C=O) groups excluding carboxylic acids is 1. The molecule has 1 aromatic rings. The van der Waals surface area contributed by atoms with Crippen LogP contribution in [-0.2, 0) is 9.53 Å². The second-order valence-electron chi connectivity index (χ2n) is 4.81. The highest BCUT2D eigenvalue weighted by Gasteiger charge is 2.17. The van der Waals surface area contributed by atoms with E-state index in [9.17, 15) is 4.79 Å². The van der Waals surface area contributed by atoms with E-state index in [4.69, 9.17) is 22.1 Å². The predicted molar refractivity (Wildman–Crippen MR) is 77.3 cm³/mol. The molecular weight excluding hydrogens is 264 g/mol. The molecule has 19 heavy (non-hydrogen) atoms. The van der Waals surface area contributed by atoms with E-state index in [-0.39, 0.29) is 5.91 Å². The summed E-state index contributed by atoms with van der Waals surface area (Å²) < 4.78 is 5.60. The van der Waals surface area contributed by atoms with Gasteiger partial charge in [-0.15, -0.1) is 0 Å². The summed E-state index contributed by atoms with van der Waals surface area (Å²) in [6, 6.07) is 5.04. The zero-order valence-corrected chi connectivity index (χ0v) is 11.6. The molecule has 1 aliphatic carbocycles. The first-order valence-electron chi connectivity index (χ1n) is 6.61. The van der Waals surface area contributed by atoms with Gasteiger partial charge < -0.3 is 15.8 Å². The zero-order chi connectivity index (χ0) is 13.7. The molecular formula is C14H19ClN2O2. The summed E-state index contributed by atoms with van der Waals surface area (Å²) in [6.07, 6.45) is 5.18. The van der Waals surface area contributed by atoms with E-state index in [1.165, 1.54) is 6.42 Å². The minimum absolute atomic E-state index is 0.0520. The minimum atomic E-state index is -0.0520. The molecule has 3 N–H and O–H groups in total. The van der Waals surface area contributed by atoms with Gasteiger partial charge in [0.15, 0.2) is 0 Å². The van der Waals surface area contributed by atoms with Crippen molar-refractivity contribution in [2.45, 2.75) is 38.2 Å². The molecule has 0 atom stereocenters. The molecule has 1 aliphatic rings. The number of benzene rings is 1. The number of nitrogen functional groups attached to an aromatic ring is 1. The maximum absolute atomic E-state index is 11.7. The molecule has 5 heteroatoms. The lowest BCUT2D eigenvalue weighted by Gasteiger charge is -2.25. The summed E-state index contributed by atoms with van der Waals surface area (Å²) in [5.41, 5.74) is 6.77. The van der Waals surface area contributed by atoms with Gasteiger partial charge in [-0.05, 0) is 43.9 Å². The van der Waals surface area contributed by atoms with Crippen LogP contribution in [0.2, 0.25) is 5.02 Å². The van der Waals surface area contributed by atoms with Crippen molar-refractivity contribution in [1.82, 2.24) is 0 Å². The van der Waals surface area contributed by atoms with Gasteiger partial charge in [-0.25, -0.2) is 0 Å². The summed E-state index contributed by atoms with van der Waals surface area (Å²) in [4.78, 5) is 11.7. The molecule has 0 bridgehead atoms. The molecule has 4 nitrogen and oxygen atoms in total. The average Bonchev–Trinajstić information content (AvgIpc) is 2.30. The molecule has 0 aromatic heterocycles. The first-order valence-corrected chi connectivity index (χ1v) is 6.99. The Hall–Kier alpha value is -1.26. The molecule has 1 fully saturated rings. The van der Waals surface area contributed by atoms with Crippen molar-refractivity contribution in [3.8, 4) is 0 Å². The van der Waals surface area contributed by atoms with Gasteiger partial charge in [-0.3, -0.25) is 4.79 Å². The van der Waals surface area contributed by atoms with E-state index in [1.807, 2.05) is 0 Å². The lowest BCUT2D eigenvalue weighted by atomic mass is 9.96.